The van der Waals surface area contributed by atoms with Crippen LogP contribution in [0.2, 0.25) is 0 Å². The number of nitrogens with two attached hydrogens (primary N) is 1. The Morgan fingerprint density at radius 3 is 2.70 bits per heavy atom. The van der Waals surface area contributed by atoms with Crippen molar-refractivity contribution < 1.29 is 18.3 Å². The molecule has 5 nitrogen and oxygen atoms in total. The number of hydrogen-bond acceptors (Lipinski definition) is 4. The molecule has 1 unspecified atom stereocenters. The highest BCUT2D eigenvalue weighted by Gasteiger charge is 2.34. The highest BCUT2D eigenvalue weighted by Crippen LogP contribution is 2.37. The average molecular weight is 324 g/mol. The van der Waals surface area contributed by atoms with E-state index < -0.39 is 17.6 Å². The van der Waals surface area contributed by atoms with Gasteiger partial charge in [-0.1, -0.05) is 11.6 Å². The van der Waals surface area contributed by atoms with Crippen molar-refractivity contribution in [3.63, 3.8) is 0 Å². The van der Waals surface area contributed by atoms with Gasteiger partial charge in [-0.15, -0.1) is 0 Å². The second kappa shape index (κ2) is 5.38. The van der Waals surface area contributed by atoms with Crippen molar-refractivity contribution in [2.24, 2.45) is 0 Å². The molecule has 0 radical (unpaired) electrons. The van der Waals surface area contributed by atoms with Crippen LogP contribution in [-0.4, -0.2) is 19.6 Å². The smallest absolute Gasteiger partial charge is 0.388 e. The van der Waals surface area contributed by atoms with Crippen LogP contribution in [0.1, 0.15) is 30.8 Å². The van der Waals surface area contributed by atoms with Gasteiger partial charge in [-0.2, -0.15) is 13.2 Å². The predicted octanol–water partition coefficient (Wildman–Crippen LogP) is 2.93. The lowest BCUT2D eigenvalue weighted by Gasteiger charge is -2.27. The quantitative estimate of drug-likeness (QED) is 0.851. The van der Waals surface area contributed by atoms with Gasteiger partial charge in [-0.25, -0.2) is 9.97 Å². The molecular formula is C15H15F3N4O. The van der Waals surface area contributed by atoms with Gasteiger partial charge in [-0.3, -0.25) is 0 Å². The Hall–Kier alpha value is -2.35. The van der Waals surface area contributed by atoms with Crippen molar-refractivity contribution in [3.8, 4) is 11.3 Å². The Kier molecular flexibility index (Phi) is 3.63. The predicted molar refractivity (Wildman–Crippen MR) is 78.2 cm³/mol. The molecule has 0 aliphatic heterocycles. The van der Waals surface area contributed by atoms with Crippen molar-refractivity contribution in [1.29, 1.82) is 0 Å². The summed E-state index contributed by atoms with van der Waals surface area (Å²) in [6, 6.07) is 1.02. The van der Waals surface area contributed by atoms with E-state index in [-0.39, 0.29) is 18.2 Å². The Labute approximate surface area is 130 Å². The van der Waals surface area contributed by atoms with Crippen LogP contribution in [0.4, 0.5) is 19.0 Å². The normalized spacial score (nSPS) is 17.8. The van der Waals surface area contributed by atoms with Gasteiger partial charge in [0.05, 0.1) is 17.3 Å². The number of anilines is 1. The maximum absolute atomic E-state index is 12.9. The van der Waals surface area contributed by atoms with Crippen LogP contribution >= 0.6 is 0 Å². The van der Waals surface area contributed by atoms with Gasteiger partial charge in [0.1, 0.15) is 18.2 Å². The lowest BCUT2D eigenvalue weighted by atomic mass is 9.93. The maximum Gasteiger partial charge on any atom is 0.419 e. The topological polar surface area (TPSA) is 77.0 Å². The monoisotopic (exact) mass is 324 g/mol. The largest absolute Gasteiger partial charge is 0.419 e. The molecule has 0 bridgehead atoms. The Balaban J connectivity index is 2.04. The van der Waals surface area contributed by atoms with E-state index >= 15 is 0 Å². The molecule has 0 amide bonds. The molecule has 0 aromatic carbocycles. The summed E-state index contributed by atoms with van der Waals surface area (Å²) in [7, 11) is 0. The standard InChI is InChI=1S/C15H15F3N4O/c1-8-2-3-12(8)22-6-11(21-13(22)7-23)9-4-10(15(16,17)18)14(19)20-5-9/h2,4-6,12,23H,3,7H2,1H3,(H2,19,20). The number of nitrogens with zero attached hydrogens (tertiary/aromatic N) is 3. The van der Waals surface area contributed by atoms with Crippen molar-refractivity contribution in [2.45, 2.75) is 32.2 Å². The molecule has 2 heterocycles. The van der Waals surface area contributed by atoms with E-state index in [0.29, 0.717) is 11.5 Å². The summed E-state index contributed by atoms with van der Waals surface area (Å²) in [5.74, 6) is -0.163. The molecule has 1 aliphatic carbocycles. The van der Waals surface area contributed by atoms with Crippen molar-refractivity contribution in [1.82, 2.24) is 14.5 Å². The number of hydrogen-bond donors (Lipinski definition) is 2. The van der Waals surface area contributed by atoms with E-state index in [4.69, 9.17) is 5.73 Å². The molecular weight excluding hydrogens is 309 g/mol. The van der Waals surface area contributed by atoms with E-state index in [1.165, 1.54) is 6.20 Å². The minimum atomic E-state index is -4.58. The lowest BCUT2D eigenvalue weighted by Crippen LogP contribution is -2.17. The minimum absolute atomic E-state index is 0.0854. The molecule has 3 N–H and O–H groups in total. The van der Waals surface area contributed by atoms with Crippen LogP contribution in [0.3, 0.4) is 0 Å². The third kappa shape index (κ3) is 2.70. The van der Waals surface area contributed by atoms with E-state index in [9.17, 15) is 18.3 Å². The number of rotatable bonds is 3. The second-order valence-electron chi connectivity index (χ2n) is 5.46. The molecule has 0 fully saturated rings. The van der Waals surface area contributed by atoms with Gasteiger partial charge in [0.25, 0.3) is 0 Å². The van der Waals surface area contributed by atoms with E-state index in [0.717, 1.165) is 18.1 Å². The Morgan fingerprint density at radius 1 is 1.43 bits per heavy atom. The summed E-state index contributed by atoms with van der Waals surface area (Å²) in [4.78, 5) is 7.84. The van der Waals surface area contributed by atoms with Crippen molar-refractivity contribution in [3.05, 3.63) is 41.5 Å². The summed E-state index contributed by atoms with van der Waals surface area (Å²) >= 11 is 0. The van der Waals surface area contributed by atoms with E-state index in [1.807, 2.05) is 6.92 Å². The zero-order chi connectivity index (χ0) is 16.8. The molecule has 122 valence electrons. The summed E-state index contributed by atoms with van der Waals surface area (Å²) < 4.78 is 40.6. The van der Waals surface area contributed by atoms with E-state index in [2.05, 4.69) is 16.0 Å². The van der Waals surface area contributed by atoms with Crippen LogP contribution in [-0.2, 0) is 12.8 Å². The number of aliphatic hydroxyl groups is 1. The fourth-order valence-electron chi connectivity index (χ4n) is 2.59. The molecule has 2 aromatic heterocycles. The Morgan fingerprint density at radius 2 is 2.17 bits per heavy atom. The maximum atomic E-state index is 12.9. The summed E-state index contributed by atoms with van der Waals surface area (Å²) in [5.41, 5.74) is 5.99. The third-order valence-corrected chi connectivity index (χ3v) is 3.99. The molecule has 2 aromatic rings. The number of aliphatic hydroxyl groups excluding tert-OH is 1. The zero-order valence-electron chi connectivity index (χ0n) is 12.3. The summed E-state index contributed by atoms with van der Waals surface area (Å²) in [6.07, 6.45) is 1.17. The highest BCUT2D eigenvalue weighted by molar-refractivity contribution is 5.62. The second-order valence-corrected chi connectivity index (χ2v) is 5.46. The first kappa shape index (κ1) is 15.5. The third-order valence-electron chi connectivity index (χ3n) is 3.99. The van der Waals surface area contributed by atoms with Crippen molar-refractivity contribution >= 4 is 5.82 Å². The van der Waals surface area contributed by atoms with Gasteiger partial charge in [-0.05, 0) is 19.4 Å². The Bertz CT molecular complexity index is 780. The lowest BCUT2D eigenvalue weighted by molar-refractivity contribution is -0.137. The van der Waals surface area contributed by atoms with Crippen molar-refractivity contribution in [2.75, 3.05) is 5.73 Å². The SMILES string of the molecule is CC1=CCC1n1cc(-c2cnc(N)c(C(F)(F)F)c2)nc1CO. The zero-order valence-corrected chi connectivity index (χ0v) is 12.3. The number of allylic oxidation sites excluding steroid dienone is 2. The fraction of sp³-hybridized carbons (Fsp3) is 0.333. The number of imidazole rings is 1. The molecule has 3 rings (SSSR count). The highest BCUT2D eigenvalue weighted by atomic mass is 19.4. The number of halogens is 3. The van der Waals surface area contributed by atoms with Gasteiger partial charge < -0.3 is 15.4 Å². The minimum Gasteiger partial charge on any atom is -0.388 e. The fourth-order valence-corrected chi connectivity index (χ4v) is 2.59. The molecule has 8 heteroatoms. The van der Waals surface area contributed by atoms with Crippen LogP contribution in [0.5, 0.6) is 0 Å². The average Bonchev–Trinajstić information content (AvgIpc) is 2.88. The van der Waals surface area contributed by atoms with Crippen LogP contribution in [0.15, 0.2) is 30.1 Å². The van der Waals surface area contributed by atoms with Gasteiger partial charge in [0.2, 0.25) is 0 Å². The van der Waals surface area contributed by atoms with E-state index in [1.54, 1.807) is 10.8 Å². The summed E-state index contributed by atoms with van der Waals surface area (Å²) in [5, 5.41) is 9.44. The first-order valence-electron chi connectivity index (χ1n) is 6.99. The molecule has 1 atom stereocenters. The van der Waals surface area contributed by atoms with Gasteiger partial charge in [0.15, 0.2) is 0 Å². The number of alkyl halides is 3. The number of aromatic nitrogens is 3. The molecule has 0 saturated carbocycles. The van der Waals surface area contributed by atoms with Crippen LogP contribution in [0.25, 0.3) is 11.3 Å². The van der Waals surface area contributed by atoms with Gasteiger partial charge in [0, 0.05) is 18.0 Å². The molecule has 0 spiro atoms. The first-order chi connectivity index (χ1) is 10.8. The molecule has 0 saturated heterocycles. The van der Waals surface area contributed by atoms with Gasteiger partial charge >= 0.3 is 6.18 Å². The number of nitrogen functional groups attached to an aromatic ring is 1. The van der Waals surface area contributed by atoms with Crippen LogP contribution in [0, 0.1) is 0 Å². The summed E-state index contributed by atoms with van der Waals surface area (Å²) in [6.45, 7) is 1.67. The van der Waals surface area contributed by atoms with Crippen LogP contribution < -0.4 is 5.73 Å². The number of pyridine rings is 1. The molecule has 1 aliphatic rings. The molecule has 23 heavy (non-hydrogen) atoms. The first-order valence-corrected chi connectivity index (χ1v) is 6.99.